The number of nitrogens with zero attached hydrogens (tertiary/aromatic N) is 1. The summed E-state index contributed by atoms with van der Waals surface area (Å²) in [7, 11) is 1.31. The monoisotopic (exact) mass is 335 g/mol. The third kappa shape index (κ3) is 4.24. The molecule has 7 heteroatoms. The summed E-state index contributed by atoms with van der Waals surface area (Å²) in [5.41, 5.74) is 0.757. The topological polar surface area (TPSA) is 93.1 Å². The van der Waals surface area contributed by atoms with Gasteiger partial charge in [-0.05, 0) is 24.8 Å². The maximum Gasteiger partial charge on any atom is 0.410 e. The zero-order valence-electron chi connectivity index (χ0n) is 13.5. The first-order valence-electron chi connectivity index (χ1n) is 7.82. The standard InChI is InChI=1S/C17H21NO6/c1-23-16(21)15(12-7-3-2-4-8-12)13-9-5-6-10-18(13)17(22)24-11-14(19)20/h2-4,7-8,13,15H,5-6,9-11H2,1H3,(H,19,20). The molecule has 2 atom stereocenters. The molecule has 0 spiro atoms. The molecule has 1 saturated heterocycles. The van der Waals surface area contributed by atoms with Gasteiger partial charge in [-0.25, -0.2) is 9.59 Å². The number of piperidine rings is 1. The van der Waals surface area contributed by atoms with Gasteiger partial charge in [-0.3, -0.25) is 4.79 Å². The second-order valence-electron chi connectivity index (χ2n) is 5.62. The Hall–Kier alpha value is -2.57. The Kier molecular flexibility index (Phi) is 6.17. The van der Waals surface area contributed by atoms with Crippen LogP contribution in [0.4, 0.5) is 4.79 Å². The van der Waals surface area contributed by atoms with E-state index in [1.54, 1.807) is 0 Å². The number of aliphatic carboxylic acids is 1. The van der Waals surface area contributed by atoms with Crippen molar-refractivity contribution >= 4 is 18.0 Å². The quantitative estimate of drug-likeness (QED) is 0.828. The molecule has 2 unspecified atom stereocenters. The molecule has 1 fully saturated rings. The molecule has 1 amide bonds. The van der Waals surface area contributed by atoms with E-state index in [0.717, 1.165) is 18.4 Å². The van der Waals surface area contributed by atoms with Gasteiger partial charge in [0.05, 0.1) is 13.2 Å². The normalized spacial score (nSPS) is 18.5. The molecule has 7 nitrogen and oxygen atoms in total. The van der Waals surface area contributed by atoms with Crippen molar-refractivity contribution in [3.63, 3.8) is 0 Å². The van der Waals surface area contributed by atoms with Crippen LogP contribution in [-0.2, 0) is 19.1 Å². The Balaban J connectivity index is 2.26. The van der Waals surface area contributed by atoms with E-state index in [-0.39, 0.29) is 0 Å². The fourth-order valence-corrected chi connectivity index (χ4v) is 3.04. The number of ether oxygens (including phenoxy) is 2. The lowest BCUT2D eigenvalue weighted by Gasteiger charge is -2.38. The van der Waals surface area contributed by atoms with E-state index in [2.05, 4.69) is 0 Å². The van der Waals surface area contributed by atoms with Crippen LogP contribution >= 0.6 is 0 Å². The van der Waals surface area contributed by atoms with Crippen LogP contribution in [0.25, 0.3) is 0 Å². The van der Waals surface area contributed by atoms with Crippen LogP contribution in [-0.4, -0.2) is 54.3 Å². The minimum Gasteiger partial charge on any atom is -0.479 e. The molecule has 0 aliphatic carbocycles. The second-order valence-corrected chi connectivity index (χ2v) is 5.62. The smallest absolute Gasteiger partial charge is 0.410 e. The molecule has 0 aromatic heterocycles. The van der Waals surface area contributed by atoms with Crippen LogP contribution in [0, 0.1) is 0 Å². The number of carbonyl (C=O) groups is 3. The van der Waals surface area contributed by atoms with Gasteiger partial charge in [0, 0.05) is 6.54 Å². The Bertz CT molecular complexity index is 588. The Morgan fingerprint density at radius 3 is 2.58 bits per heavy atom. The van der Waals surface area contributed by atoms with E-state index < -0.39 is 36.6 Å². The average Bonchev–Trinajstić information content (AvgIpc) is 2.61. The SMILES string of the molecule is COC(=O)C(c1ccccc1)C1CCCCN1C(=O)OCC(=O)O. The van der Waals surface area contributed by atoms with Gasteiger partial charge in [0.2, 0.25) is 0 Å². The van der Waals surface area contributed by atoms with Crippen LogP contribution in [0.15, 0.2) is 30.3 Å². The van der Waals surface area contributed by atoms with E-state index in [0.29, 0.717) is 13.0 Å². The minimum absolute atomic E-state index is 0.420. The molecule has 1 aromatic carbocycles. The van der Waals surface area contributed by atoms with E-state index in [9.17, 15) is 14.4 Å². The number of methoxy groups -OCH3 is 1. The highest BCUT2D eigenvalue weighted by molar-refractivity contribution is 5.81. The fourth-order valence-electron chi connectivity index (χ4n) is 3.04. The lowest BCUT2D eigenvalue weighted by molar-refractivity contribution is -0.145. The third-order valence-corrected chi connectivity index (χ3v) is 4.10. The molecule has 1 aliphatic rings. The second kappa shape index (κ2) is 8.33. The number of carbonyl (C=O) groups excluding carboxylic acids is 2. The minimum atomic E-state index is -1.22. The number of rotatable bonds is 5. The molecule has 1 aromatic rings. The first-order chi connectivity index (χ1) is 11.5. The molecule has 24 heavy (non-hydrogen) atoms. The van der Waals surface area contributed by atoms with E-state index in [4.69, 9.17) is 14.6 Å². The molecule has 1 aliphatic heterocycles. The van der Waals surface area contributed by atoms with Crippen molar-refractivity contribution in [3.8, 4) is 0 Å². The number of carboxylic acids is 1. The molecule has 0 bridgehead atoms. The Labute approximate surface area is 140 Å². The number of hydrogen-bond acceptors (Lipinski definition) is 5. The molecule has 2 rings (SSSR count). The predicted octanol–water partition coefficient (Wildman–Crippen LogP) is 2.02. The van der Waals surface area contributed by atoms with Crippen molar-refractivity contribution in [1.29, 1.82) is 0 Å². The lowest BCUT2D eigenvalue weighted by Crippen LogP contribution is -2.49. The van der Waals surface area contributed by atoms with E-state index in [1.165, 1.54) is 12.0 Å². The van der Waals surface area contributed by atoms with Gasteiger partial charge in [-0.15, -0.1) is 0 Å². The molecular formula is C17H21NO6. The highest BCUT2D eigenvalue weighted by Gasteiger charge is 2.39. The number of amides is 1. The summed E-state index contributed by atoms with van der Waals surface area (Å²) >= 11 is 0. The molecule has 130 valence electrons. The molecule has 1 N–H and O–H groups in total. The van der Waals surface area contributed by atoms with Crippen molar-refractivity contribution in [2.45, 2.75) is 31.2 Å². The Morgan fingerprint density at radius 2 is 1.96 bits per heavy atom. The van der Waals surface area contributed by atoms with Crippen molar-refractivity contribution in [1.82, 2.24) is 4.90 Å². The van der Waals surface area contributed by atoms with Crippen LogP contribution in [0.3, 0.4) is 0 Å². The van der Waals surface area contributed by atoms with Crippen LogP contribution < -0.4 is 0 Å². The Morgan fingerprint density at radius 1 is 1.25 bits per heavy atom. The van der Waals surface area contributed by atoms with Gasteiger partial charge < -0.3 is 19.5 Å². The average molecular weight is 335 g/mol. The van der Waals surface area contributed by atoms with Crippen molar-refractivity contribution < 1.29 is 29.0 Å². The number of hydrogen-bond donors (Lipinski definition) is 1. The summed E-state index contributed by atoms with van der Waals surface area (Å²) in [6.07, 6.45) is 1.55. The highest BCUT2D eigenvalue weighted by atomic mass is 16.6. The summed E-state index contributed by atoms with van der Waals surface area (Å²) in [6.45, 7) is -0.278. The van der Waals surface area contributed by atoms with Crippen LogP contribution in [0.1, 0.15) is 30.7 Å². The van der Waals surface area contributed by atoms with Gasteiger partial charge in [0.25, 0.3) is 0 Å². The molecule has 0 radical (unpaired) electrons. The number of carboxylic acid groups (broad SMARTS) is 1. The number of likely N-dealkylation sites (tertiary alicyclic amines) is 1. The van der Waals surface area contributed by atoms with Gasteiger partial charge in [-0.1, -0.05) is 30.3 Å². The summed E-state index contributed by atoms with van der Waals surface area (Å²) in [4.78, 5) is 36.7. The van der Waals surface area contributed by atoms with Gasteiger partial charge in [0.15, 0.2) is 6.61 Å². The maximum atomic E-state index is 12.4. The fraction of sp³-hybridized carbons (Fsp3) is 0.471. The first kappa shape index (κ1) is 17.8. The van der Waals surface area contributed by atoms with Gasteiger partial charge >= 0.3 is 18.0 Å². The first-order valence-corrected chi connectivity index (χ1v) is 7.82. The summed E-state index contributed by atoms with van der Waals surface area (Å²) in [5.74, 6) is -2.28. The van der Waals surface area contributed by atoms with Gasteiger partial charge in [0.1, 0.15) is 5.92 Å². The predicted molar refractivity (Wildman–Crippen MR) is 84.5 cm³/mol. The van der Waals surface area contributed by atoms with E-state index >= 15 is 0 Å². The van der Waals surface area contributed by atoms with Crippen LogP contribution in [0.2, 0.25) is 0 Å². The molecule has 0 saturated carbocycles. The molecular weight excluding hydrogens is 314 g/mol. The zero-order chi connectivity index (χ0) is 17.5. The third-order valence-electron chi connectivity index (χ3n) is 4.10. The number of esters is 1. The van der Waals surface area contributed by atoms with Crippen molar-refractivity contribution in [2.75, 3.05) is 20.3 Å². The zero-order valence-corrected chi connectivity index (χ0v) is 13.5. The van der Waals surface area contributed by atoms with Crippen molar-refractivity contribution in [3.05, 3.63) is 35.9 Å². The van der Waals surface area contributed by atoms with Gasteiger partial charge in [-0.2, -0.15) is 0 Å². The summed E-state index contributed by atoms with van der Waals surface area (Å²) in [6, 6.07) is 8.70. The maximum absolute atomic E-state index is 12.4. The summed E-state index contributed by atoms with van der Waals surface area (Å²) in [5, 5.41) is 8.67. The number of benzene rings is 1. The van der Waals surface area contributed by atoms with Crippen molar-refractivity contribution in [2.24, 2.45) is 0 Å². The largest absolute Gasteiger partial charge is 0.479 e. The van der Waals surface area contributed by atoms with Crippen LogP contribution in [0.5, 0.6) is 0 Å². The highest BCUT2D eigenvalue weighted by Crippen LogP contribution is 2.32. The van der Waals surface area contributed by atoms with E-state index in [1.807, 2.05) is 30.3 Å². The summed E-state index contributed by atoms with van der Waals surface area (Å²) < 4.78 is 9.74. The molecule has 1 heterocycles. The lowest BCUT2D eigenvalue weighted by atomic mass is 9.85.